The molecule has 7 nitrogen and oxygen atoms in total. The van der Waals surface area contributed by atoms with Crippen molar-refractivity contribution in [1.82, 2.24) is 9.78 Å². The van der Waals surface area contributed by atoms with Crippen LogP contribution in [0, 0.1) is 0 Å². The van der Waals surface area contributed by atoms with Crippen LogP contribution < -0.4 is 11.1 Å². The van der Waals surface area contributed by atoms with Crippen LogP contribution in [-0.2, 0) is 16.0 Å². The van der Waals surface area contributed by atoms with Gasteiger partial charge in [-0.25, -0.2) is 9.48 Å². The fourth-order valence-corrected chi connectivity index (χ4v) is 2.39. The van der Waals surface area contributed by atoms with Crippen molar-refractivity contribution in [3.8, 4) is 0 Å². The third-order valence-electron chi connectivity index (χ3n) is 3.67. The molecule has 0 bridgehead atoms. The van der Waals surface area contributed by atoms with Crippen LogP contribution in [0.2, 0.25) is 0 Å². The molecule has 0 saturated carbocycles. The van der Waals surface area contributed by atoms with Crippen molar-refractivity contribution >= 4 is 17.6 Å². The second-order valence-electron chi connectivity index (χ2n) is 5.21. The molecule has 3 N–H and O–H groups in total. The topological polar surface area (TPSA) is 91.4 Å². The molecular weight excluding hydrogens is 272 g/mol. The number of nitrogens with two attached hydrogens (primary N) is 1. The maximum Gasteiger partial charge on any atom is 0.345 e. The first-order valence-corrected chi connectivity index (χ1v) is 7.46. The molecule has 2 rings (SSSR count). The number of aromatic nitrogens is 2. The number of hydrogen-bond donors (Lipinski definition) is 2. The number of methoxy groups -OCH3 is 1. The van der Waals surface area contributed by atoms with Crippen LogP contribution in [0.3, 0.4) is 0 Å². The third kappa shape index (κ3) is 3.66. The summed E-state index contributed by atoms with van der Waals surface area (Å²) in [4.78, 5) is 12.0. The third-order valence-corrected chi connectivity index (χ3v) is 3.67. The molecule has 1 aromatic heterocycles. The fraction of sp³-hybridized carbons (Fsp3) is 0.714. The van der Waals surface area contributed by atoms with E-state index in [1.54, 1.807) is 4.68 Å². The summed E-state index contributed by atoms with van der Waals surface area (Å²) in [6, 6.07) is 0.246. The lowest BCUT2D eigenvalue weighted by Crippen LogP contribution is -2.28. The lowest BCUT2D eigenvalue weighted by molar-refractivity contribution is 0.0602. The highest BCUT2D eigenvalue weighted by atomic mass is 16.5. The zero-order valence-corrected chi connectivity index (χ0v) is 12.7. The molecular formula is C14H24N4O3. The second-order valence-corrected chi connectivity index (χ2v) is 5.21. The predicted octanol–water partition coefficient (Wildman–Crippen LogP) is 1.64. The Bertz CT molecular complexity index is 481. The molecule has 0 aromatic carbocycles. The van der Waals surface area contributed by atoms with Gasteiger partial charge in [0.15, 0.2) is 5.82 Å². The molecule has 0 unspecified atom stereocenters. The molecule has 1 saturated heterocycles. The Morgan fingerprint density at radius 1 is 1.52 bits per heavy atom. The number of esters is 1. The van der Waals surface area contributed by atoms with E-state index in [0.717, 1.165) is 38.9 Å². The quantitative estimate of drug-likeness (QED) is 0.775. The van der Waals surface area contributed by atoms with Crippen molar-refractivity contribution in [3.63, 3.8) is 0 Å². The van der Waals surface area contributed by atoms with Crippen molar-refractivity contribution < 1.29 is 14.3 Å². The monoisotopic (exact) mass is 296 g/mol. The number of nitrogens with one attached hydrogen (secondary N) is 1. The van der Waals surface area contributed by atoms with E-state index in [1.165, 1.54) is 7.11 Å². The van der Waals surface area contributed by atoms with E-state index in [0.29, 0.717) is 23.7 Å². The van der Waals surface area contributed by atoms with Gasteiger partial charge < -0.3 is 20.5 Å². The number of nitrogens with zero attached hydrogens (tertiary/aromatic N) is 2. The molecule has 21 heavy (non-hydrogen) atoms. The molecule has 0 atom stereocenters. The fourth-order valence-electron chi connectivity index (χ4n) is 2.39. The first kappa shape index (κ1) is 15.6. The van der Waals surface area contributed by atoms with Gasteiger partial charge in [-0.3, -0.25) is 0 Å². The number of rotatable bonds is 6. The van der Waals surface area contributed by atoms with Gasteiger partial charge in [0.2, 0.25) is 0 Å². The maximum atomic E-state index is 12.0. The lowest BCUT2D eigenvalue weighted by Gasteiger charge is -2.23. The first-order valence-electron chi connectivity index (χ1n) is 7.46. The summed E-state index contributed by atoms with van der Waals surface area (Å²) < 4.78 is 11.8. The van der Waals surface area contributed by atoms with Crippen LogP contribution in [0.1, 0.15) is 43.0 Å². The molecule has 118 valence electrons. The van der Waals surface area contributed by atoms with Gasteiger partial charge in [0, 0.05) is 25.8 Å². The number of carbonyl (C=O) groups is 1. The molecule has 7 heteroatoms. The average Bonchev–Trinajstić information content (AvgIpc) is 2.81. The number of unbranched alkanes of at least 4 members (excludes halogenated alkanes) is 1. The average molecular weight is 296 g/mol. The highest BCUT2D eigenvalue weighted by Crippen LogP contribution is 2.25. The van der Waals surface area contributed by atoms with Crippen LogP contribution >= 0.6 is 0 Å². The van der Waals surface area contributed by atoms with Gasteiger partial charge in [-0.1, -0.05) is 13.3 Å². The van der Waals surface area contributed by atoms with E-state index in [-0.39, 0.29) is 6.04 Å². The number of carbonyl (C=O) groups excluding carboxylic acids is 1. The van der Waals surface area contributed by atoms with E-state index in [2.05, 4.69) is 17.3 Å². The Hall–Kier alpha value is -1.76. The highest BCUT2D eigenvalue weighted by molar-refractivity contribution is 5.99. The SMILES string of the molecule is CCCCn1nc(NC2CCOCC2)c(C(=O)OC)c1N. The van der Waals surface area contributed by atoms with Crippen LogP contribution in [0.4, 0.5) is 11.6 Å². The van der Waals surface area contributed by atoms with Gasteiger partial charge in [-0.2, -0.15) is 5.10 Å². The van der Waals surface area contributed by atoms with E-state index in [9.17, 15) is 4.79 Å². The summed E-state index contributed by atoms with van der Waals surface area (Å²) in [6.45, 7) is 4.23. The van der Waals surface area contributed by atoms with Gasteiger partial charge in [0.05, 0.1) is 7.11 Å². The van der Waals surface area contributed by atoms with Gasteiger partial charge >= 0.3 is 5.97 Å². The van der Waals surface area contributed by atoms with Crippen molar-refractivity contribution in [2.24, 2.45) is 0 Å². The van der Waals surface area contributed by atoms with Gasteiger partial charge in [-0.05, 0) is 19.3 Å². The Kier molecular flexibility index (Phi) is 5.44. The minimum atomic E-state index is -0.454. The summed E-state index contributed by atoms with van der Waals surface area (Å²) in [5, 5.41) is 7.76. The van der Waals surface area contributed by atoms with E-state index >= 15 is 0 Å². The lowest BCUT2D eigenvalue weighted by atomic mass is 10.1. The van der Waals surface area contributed by atoms with Crippen LogP contribution in [0.25, 0.3) is 0 Å². The molecule has 1 aliphatic heterocycles. The molecule has 2 heterocycles. The second kappa shape index (κ2) is 7.31. The minimum Gasteiger partial charge on any atom is -0.465 e. The van der Waals surface area contributed by atoms with E-state index in [4.69, 9.17) is 15.2 Å². The Labute approximate surface area is 124 Å². The molecule has 0 amide bonds. The summed E-state index contributed by atoms with van der Waals surface area (Å²) in [5.74, 6) is 0.428. The largest absolute Gasteiger partial charge is 0.465 e. The number of aryl methyl sites for hydroxylation is 1. The van der Waals surface area contributed by atoms with Crippen LogP contribution in [0.15, 0.2) is 0 Å². The van der Waals surface area contributed by atoms with Gasteiger partial charge in [-0.15, -0.1) is 0 Å². The van der Waals surface area contributed by atoms with Gasteiger partial charge in [0.1, 0.15) is 11.4 Å². The number of hydrogen-bond acceptors (Lipinski definition) is 6. The van der Waals surface area contributed by atoms with E-state index in [1.807, 2.05) is 0 Å². The molecule has 1 fully saturated rings. The van der Waals surface area contributed by atoms with Crippen molar-refractivity contribution in [3.05, 3.63) is 5.56 Å². The standard InChI is InChI=1S/C14H24N4O3/c1-3-4-7-18-12(15)11(14(19)20-2)13(17-18)16-10-5-8-21-9-6-10/h10H,3-9,15H2,1-2H3,(H,16,17). The number of anilines is 2. The number of nitrogen functional groups attached to an aromatic ring is 1. The molecule has 0 spiro atoms. The summed E-state index contributed by atoms with van der Waals surface area (Å²) in [5.41, 5.74) is 6.39. The zero-order chi connectivity index (χ0) is 15.2. The zero-order valence-electron chi connectivity index (χ0n) is 12.7. The molecule has 0 radical (unpaired) electrons. The smallest absolute Gasteiger partial charge is 0.345 e. The molecule has 1 aliphatic rings. The summed E-state index contributed by atoms with van der Waals surface area (Å²) in [7, 11) is 1.35. The molecule has 0 aliphatic carbocycles. The minimum absolute atomic E-state index is 0.246. The number of ether oxygens (including phenoxy) is 2. The van der Waals surface area contributed by atoms with Crippen molar-refractivity contribution in [2.45, 2.75) is 45.2 Å². The summed E-state index contributed by atoms with van der Waals surface area (Å²) >= 11 is 0. The highest BCUT2D eigenvalue weighted by Gasteiger charge is 2.25. The van der Waals surface area contributed by atoms with E-state index < -0.39 is 5.97 Å². The Morgan fingerprint density at radius 2 is 2.24 bits per heavy atom. The predicted molar refractivity (Wildman–Crippen MR) is 80.4 cm³/mol. The van der Waals surface area contributed by atoms with Gasteiger partial charge in [0.25, 0.3) is 0 Å². The Balaban J connectivity index is 2.21. The first-order chi connectivity index (χ1) is 10.2. The van der Waals surface area contributed by atoms with Crippen LogP contribution in [0.5, 0.6) is 0 Å². The van der Waals surface area contributed by atoms with Crippen LogP contribution in [-0.4, -0.2) is 42.1 Å². The Morgan fingerprint density at radius 3 is 2.86 bits per heavy atom. The summed E-state index contributed by atoms with van der Waals surface area (Å²) in [6.07, 6.45) is 3.78. The van der Waals surface area contributed by atoms with Crippen molar-refractivity contribution in [2.75, 3.05) is 31.4 Å². The molecule has 1 aromatic rings. The normalized spacial score (nSPS) is 15.9. The van der Waals surface area contributed by atoms with Crippen molar-refractivity contribution in [1.29, 1.82) is 0 Å². The maximum absolute atomic E-state index is 12.0.